The molecule has 0 bridgehead atoms. The van der Waals surface area contributed by atoms with Gasteiger partial charge in [-0.2, -0.15) is 0 Å². The van der Waals surface area contributed by atoms with Crippen molar-refractivity contribution in [2.24, 2.45) is 0 Å². The quantitative estimate of drug-likeness (QED) is 0.678. The lowest BCUT2D eigenvalue weighted by atomic mass is 10.0. The summed E-state index contributed by atoms with van der Waals surface area (Å²) in [4.78, 5) is 27.8. The fraction of sp³-hybridized carbons (Fsp3) is 0.250. The van der Waals surface area contributed by atoms with Crippen LogP contribution in [0.4, 0.5) is 0 Å². The van der Waals surface area contributed by atoms with Gasteiger partial charge in [-0.1, -0.05) is 25.1 Å². The second-order valence-corrected chi connectivity index (χ2v) is 5.87. The van der Waals surface area contributed by atoms with Crippen LogP contribution in [0.15, 0.2) is 46.2 Å². The van der Waals surface area contributed by atoms with Gasteiger partial charge in [0.05, 0.1) is 0 Å². The van der Waals surface area contributed by atoms with Crippen molar-refractivity contribution in [1.82, 2.24) is 4.98 Å². The zero-order valence-electron chi connectivity index (χ0n) is 11.6. The summed E-state index contributed by atoms with van der Waals surface area (Å²) in [5.41, 5.74) is 1.97. The maximum Gasteiger partial charge on any atom is 0.251 e. The molecule has 4 heteroatoms. The zero-order chi connectivity index (χ0) is 14.5. The van der Waals surface area contributed by atoms with Crippen LogP contribution < -0.4 is 5.56 Å². The molecule has 0 amide bonds. The molecule has 0 atom stereocenters. The Hall–Kier alpha value is -1.81. The normalized spacial score (nSPS) is 10.5. The van der Waals surface area contributed by atoms with Crippen LogP contribution >= 0.6 is 11.8 Å². The van der Waals surface area contributed by atoms with E-state index in [-0.39, 0.29) is 17.8 Å². The third-order valence-electron chi connectivity index (χ3n) is 2.96. The highest BCUT2D eigenvalue weighted by Gasteiger charge is 2.13. The Balaban J connectivity index is 2.28. The molecule has 3 nitrogen and oxygen atoms in total. The van der Waals surface area contributed by atoms with Gasteiger partial charge >= 0.3 is 0 Å². The first-order valence-corrected chi connectivity index (χ1v) is 7.53. The van der Waals surface area contributed by atoms with Gasteiger partial charge in [0.15, 0.2) is 5.78 Å². The van der Waals surface area contributed by atoms with E-state index in [1.54, 1.807) is 24.0 Å². The SMILES string of the molecule is CCSc1ccccc1C(=O)Cc1cc(C)c[nH]c1=O. The third kappa shape index (κ3) is 3.39. The topological polar surface area (TPSA) is 49.9 Å². The Bertz CT molecular complexity index is 676. The highest BCUT2D eigenvalue weighted by Crippen LogP contribution is 2.23. The summed E-state index contributed by atoms with van der Waals surface area (Å²) in [7, 11) is 0. The summed E-state index contributed by atoms with van der Waals surface area (Å²) in [6, 6.07) is 9.32. The van der Waals surface area contributed by atoms with Crippen LogP contribution in [0.2, 0.25) is 0 Å². The molecule has 104 valence electrons. The summed E-state index contributed by atoms with van der Waals surface area (Å²) < 4.78 is 0. The predicted octanol–water partition coefficient (Wildman–Crippen LogP) is 3.22. The van der Waals surface area contributed by atoms with Crippen LogP contribution in [0.25, 0.3) is 0 Å². The third-order valence-corrected chi connectivity index (χ3v) is 3.92. The number of H-pyrrole nitrogens is 1. The van der Waals surface area contributed by atoms with Crippen LogP contribution in [0.3, 0.4) is 0 Å². The number of Topliss-reactive ketones (excluding diaryl/α,β-unsaturated/α-hetero) is 1. The van der Waals surface area contributed by atoms with E-state index in [1.165, 1.54) is 0 Å². The predicted molar refractivity (Wildman–Crippen MR) is 82.7 cm³/mol. The lowest BCUT2D eigenvalue weighted by Gasteiger charge is -2.07. The van der Waals surface area contributed by atoms with Gasteiger partial charge < -0.3 is 4.98 Å². The van der Waals surface area contributed by atoms with E-state index in [9.17, 15) is 9.59 Å². The number of ketones is 1. The molecule has 1 N–H and O–H groups in total. The van der Waals surface area contributed by atoms with Gasteiger partial charge in [-0.3, -0.25) is 9.59 Å². The number of rotatable bonds is 5. The molecular formula is C16H17NO2S. The molecule has 1 aromatic heterocycles. The number of aromatic amines is 1. The highest BCUT2D eigenvalue weighted by molar-refractivity contribution is 7.99. The number of nitrogens with one attached hydrogen (secondary N) is 1. The molecule has 0 fully saturated rings. The molecule has 1 aromatic carbocycles. The van der Waals surface area contributed by atoms with Gasteiger partial charge in [-0.15, -0.1) is 11.8 Å². The number of benzene rings is 1. The van der Waals surface area contributed by atoms with Crippen LogP contribution in [0.5, 0.6) is 0 Å². The fourth-order valence-corrected chi connectivity index (χ4v) is 2.86. The van der Waals surface area contributed by atoms with Crippen LogP contribution in [-0.2, 0) is 6.42 Å². The van der Waals surface area contributed by atoms with Crippen molar-refractivity contribution < 1.29 is 4.79 Å². The zero-order valence-corrected chi connectivity index (χ0v) is 12.4. The molecule has 2 rings (SSSR count). The van der Waals surface area contributed by atoms with Gasteiger partial charge in [-0.25, -0.2) is 0 Å². The van der Waals surface area contributed by atoms with Crippen molar-refractivity contribution in [1.29, 1.82) is 0 Å². The highest BCUT2D eigenvalue weighted by atomic mass is 32.2. The first-order valence-electron chi connectivity index (χ1n) is 6.55. The Morgan fingerprint density at radius 2 is 2.05 bits per heavy atom. The molecule has 0 spiro atoms. The second-order valence-electron chi connectivity index (χ2n) is 4.56. The standard InChI is InChI=1S/C16H17NO2S/c1-3-20-15-7-5-4-6-13(15)14(18)9-12-8-11(2)10-17-16(12)19/h4-8,10H,3,9H2,1-2H3,(H,17,19). The van der Waals surface area contributed by atoms with E-state index < -0.39 is 0 Å². The molecule has 0 saturated carbocycles. The number of carbonyl (C=O) groups is 1. The largest absolute Gasteiger partial charge is 0.329 e. The maximum atomic E-state index is 12.4. The Kier molecular flexibility index (Phi) is 4.79. The average molecular weight is 287 g/mol. The van der Waals surface area contributed by atoms with Gasteiger partial charge in [0.2, 0.25) is 0 Å². The fourth-order valence-electron chi connectivity index (χ4n) is 2.03. The Morgan fingerprint density at radius 1 is 1.30 bits per heavy atom. The van der Waals surface area contributed by atoms with E-state index >= 15 is 0 Å². The first-order chi connectivity index (χ1) is 9.61. The van der Waals surface area contributed by atoms with Crippen LogP contribution in [0, 0.1) is 6.92 Å². The molecule has 0 aliphatic carbocycles. The van der Waals surface area contributed by atoms with E-state index in [0.717, 1.165) is 16.2 Å². The Labute approximate surface area is 122 Å². The molecule has 0 unspecified atom stereocenters. The monoisotopic (exact) mass is 287 g/mol. The van der Waals surface area contributed by atoms with Crippen molar-refractivity contribution in [3.63, 3.8) is 0 Å². The van der Waals surface area contributed by atoms with Crippen molar-refractivity contribution >= 4 is 17.5 Å². The Morgan fingerprint density at radius 3 is 2.80 bits per heavy atom. The molecule has 1 heterocycles. The molecule has 2 aromatic rings. The van der Waals surface area contributed by atoms with E-state index in [4.69, 9.17) is 0 Å². The lowest BCUT2D eigenvalue weighted by Crippen LogP contribution is -2.16. The number of aromatic nitrogens is 1. The number of thioether (sulfide) groups is 1. The summed E-state index contributed by atoms with van der Waals surface area (Å²) in [6.45, 7) is 3.95. The molecular weight excluding hydrogens is 270 g/mol. The van der Waals surface area contributed by atoms with Gasteiger partial charge in [0.25, 0.3) is 5.56 Å². The van der Waals surface area contributed by atoms with Crippen molar-refractivity contribution in [2.45, 2.75) is 25.2 Å². The number of hydrogen-bond acceptors (Lipinski definition) is 3. The van der Waals surface area contributed by atoms with Gasteiger partial charge in [0.1, 0.15) is 0 Å². The van der Waals surface area contributed by atoms with Crippen LogP contribution in [-0.4, -0.2) is 16.5 Å². The van der Waals surface area contributed by atoms with Gasteiger partial charge in [-0.05, 0) is 30.4 Å². The number of aryl methyl sites for hydroxylation is 1. The smallest absolute Gasteiger partial charge is 0.251 e. The minimum absolute atomic E-state index is 0.0161. The second kappa shape index (κ2) is 6.57. The maximum absolute atomic E-state index is 12.4. The molecule has 0 aliphatic rings. The molecule has 0 radical (unpaired) electrons. The lowest BCUT2D eigenvalue weighted by molar-refractivity contribution is 0.0990. The van der Waals surface area contributed by atoms with E-state index in [0.29, 0.717) is 11.1 Å². The molecule has 0 saturated heterocycles. The summed E-state index contributed by atoms with van der Waals surface area (Å²) in [5.74, 6) is 0.896. The van der Waals surface area contributed by atoms with Gasteiger partial charge in [0, 0.05) is 28.6 Å². The average Bonchev–Trinajstić information content (AvgIpc) is 2.44. The summed E-state index contributed by atoms with van der Waals surface area (Å²) >= 11 is 1.64. The molecule has 20 heavy (non-hydrogen) atoms. The number of carbonyl (C=O) groups excluding carboxylic acids is 1. The minimum Gasteiger partial charge on any atom is -0.329 e. The molecule has 0 aliphatic heterocycles. The number of pyridine rings is 1. The minimum atomic E-state index is -0.190. The van der Waals surface area contributed by atoms with Crippen molar-refractivity contribution in [3.8, 4) is 0 Å². The van der Waals surface area contributed by atoms with Crippen molar-refractivity contribution in [2.75, 3.05) is 5.75 Å². The number of hydrogen-bond donors (Lipinski definition) is 1. The van der Waals surface area contributed by atoms with E-state index in [2.05, 4.69) is 11.9 Å². The van der Waals surface area contributed by atoms with E-state index in [1.807, 2.05) is 31.2 Å². The summed E-state index contributed by atoms with van der Waals surface area (Å²) in [5, 5.41) is 0. The van der Waals surface area contributed by atoms with Crippen LogP contribution in [0.1, 0.15) is 28.4 Å². The summed E-state index contributed by atoms with van der Waals surface area (Å²) in [6.07, 6.45) is 1.79. The first kappa shape index (κ1) is 14.6. The van der Waals surface area contributed by atoms with Crippen molar-refractivity contribution in [3.05, 3.63) is 63.6 Å².